The van der Waals surface area contributed by atoms with Crippen LogP contribution in [-0.4, -0.2) is 47.9 Å². The SMILES string of the molecule is CC1(C)CC(=O)c2cc(C(=O)NCc3ccccc3CN3CCOCC3)c(=O)[nH]c2C1. The molecule has 0 saturated carbocycles. The zero-order valence-corrected chi connectivity index (χ0v) is 18.1. The molecule has 0 unspecified atom stereocenters. The van der Waals surface area contributed by atoms with Crippen LogP contribution in [-0.2, 0) is 24.2 Å². The summed E-state index contributed by atoms with van der Waals surface area (Å²) in [4.78, 5) is 43.0. The number of fused-ring (bicyclic) bond motifs is 1. The molecule has 1 aliphatic carbocycles. The van der Waals surface area contributed by atoms with Crippen LogP contribution in [0.15, 0.2) is 35.1 Å². The van der Waals surface area contributed by atoms with Crippen molar-refractivity contribution in [1.29, 1.82) is 0 Å². The smallest absolute Gasteiger partial charge is 0.261 e. The van der Waals surface area contributed by atoms with Crippen LogP contribution in [0.3, 0.4) is 0 Å². The van der Waals surface area contributed by atoms with Crippen molar-refractivity contribution in [3.05, 3.63) is 68.6 Å². The minimum absolute atomic E-state index is 0.0162. The number of carbonyl (C=O) groups is 2. The first-order valence-corrected chi connectivity index (χ1v) is 10.8. The Labute approximate surface area is 181 Å². The molecule has 1 saturated heterocycles. The third-order valence-corrected chi connectivity index (χ3v) is 6.02. The molecule has 1 aromatic carbocycles. The number of morpholine rings is 1. The highest BCUT2D eigenvalue weighted by atomic mass is 16.5. The van der Waals surface area contributed by atoms with Gasteiger partial charge in [0.1, 0.15) is 5.56 Å². The lowest BCUT2D eigenvalue weighted by molar-refractivity contribution is 0.0340. The second-order valence-electron chi connectivity index (χ2n) is 9.19. The predicted molar refractivity (Wildman–Crippen MR) is 117 cm³/mol. The zero-order chi connectivity index (χ0) is 22.0. The van der Waals surface area contributed by atoms with Crippen molar-refractivity contribution in [2.24, 2.45) is 5.41 Å². The van der Waals surface area contributed by atoms with E-state index in [0.29, 0.717) is 30.6 Å². The minimum Gasteiger partial charge on any atom is -0.379 e. The number of aromatic amines is 1. The summed E-state index contributed by atoms with van der Waals surface area (Å²) < 4.78 is 5.41. The molecular formula is C24H29N3O4. The molecule has 0 spiro atoms. The highest BCUT2D eigenvalue weighted by Crippen LogP contribution is 2.33. The predicted octanol–water partition coefficient (Wildman–Crippen LogP) is 2.29. The number of hydrogen-bond donors (Lipinski definition) is 2. The van der Waals surface area contributed by atoms with Crippen LogP contribution in [0.2, 0.25) is 0 Å². The molecule has 0 bridgehead atoms. The van der Waals surface area contributed by atoms with E-state index in [1.54, 1.807) is 0 Å². The fourth-order valence-electron chi connectivity index (χ4n) is 4.35. The minimum atomic E-state index is -0.470. The number of ketones is 1. The second kappa shape index (κ2) is 8.77. The van der Waals surface area contributed by atoms with E-state index in [2.05, 4.69) is 21.3 Å². The number of carbonyl (C=O) groups excluding carboxylic acids is 2. The van der Waals surface area contributed by atoms with Gasteiger partial charge < -0.3 is 15.0 Å². The molecule has 7 heteroatoms. The summed E-state index contributed by atoms with van der Waals surface area (Å²) in [6.07, 6.45) is 1.02. The van der Waals surface area contributed by atoms with Crippen molar-refractivity contribution in [2.75, 3.05) is 26.3 Å². The lowest BCUT2D eigenvalue weighted by Gasteiger charge is -2.29. The van der Waals surface area contributed by atoms with Crippen LogP contribution in [0.4, 0.5) is 0 Å². The molecule has 2 aliphatic rings. The van der Waals surface area contributed by atoms with Gasteiger partial charge in [-0.2, -0.15) is 0 Å². The molecule has 1 fully saturated rings. The number of pyridine rings is 1. The van der Waals surface area contributed by atoms with Crippen molar-refractivity contribution in [1.82, 2.24) is 15.2 Å². The topological polar surface area (TPSA) is 91.5 Å². The Morgan fingerprint density at radius 2 is 1.84 bits per heavy atom. The number of hydrogen-bond acceptors (Lipinski definition) is 5. The number of nitrogens with zero attached hydrogens (tertiary/aromatic N) is 1. The van der Waals surface area contributed by atoms with E-state index in [9.17, 15) is 14.4 Å². The van der Waals surface area contributed by atoms with E-state index in [-0.39, 0.29) is 16.8 Å². The van der Waals surface area contributed by atoms with Gasteiger partial charge in [-0.1, -0.05) is 38.1 Å². The maximum atomic E-state index is 12.8. The number of H-pyrrole nitrogens is 1. The Morgan fingerprint density at radius 3 is 2.58 bits per heavy atom. The number of ether oxygens (including phenoxy) is 1. The molecule has 4 rings (SSSR count). The van der Waals surface area contributed by atoms with Crippen LogP contribution in [0.5, 0.6) is 0 Å². The number of Topliss-reactive ketones (excluding diaryl/α,β-unsaturated/α-hetero) is 1. The first kappa shape index (κ1) is 21.5. The molecule has 1 aromatic heterocycles. The van der Waals surface area contributed by atoms with Crippen molar-refractivity contribution in [3.63, 3.8) is 0 Å². The summed E-state index contributed by atoms with van der Waals surface area (Å²) in [6.45, 7) is 8.34. The van der Waals surface area contributed by atoms with Crippen LogP contribution in [0.25, 0.3) is 0 Å². The lowest BCUT2D eigenvalue weighted by Crippen LogP contribution is -2.36. The first-order valence-electron chi connectivity index (χ1n) is 10.8. The van der Waals surface area contributed by atoms with E-state index < -0.39 is 11.5 Å². The number of nitrogens with one attached hydrogen (secondary N) is 2. The maximum absolute atomic E-state index is 12.8. The van der Waals surface area contributed by atoms with Gasteiger partial charge >= 0.3 is 0 Å². The van der Waals surface area contributed by atoms with Gasteiger partial charge in [0.2, 0.25) is 0 Å². The number of amides is 1. The summed E-state index contributed by atoms with van der Waals surface area (Å²) in [5.74, 6) is -0.504. The summed E-state index contributed by atoms with van der Waals surface area (Å²) in [7, 11) is 0. The van der Waals surface area contributed by atoms with Gasteiger partial charge in [0.05, 0.1) is 13.2 Å². The average Bonchev–Trinajstić information content (AvgIpc) is 2.72. The summed E-state index contributed by atoms with van der Waals surface area (Å²) in [5.41, 5.74) is 2.56. The lowest BCUT2D eigenvalue weighted by atomic mass is 9.75. The van der Waals surface area contributed by atoms with E-state index in [1.807, 2.05) is 32.0 Å². The molecule has 2 aromatic rings. The highest BCUT2D eigenvalue weighted by Gasteiger charge is 2.32. The van der Waals surface area contributed by atoms with Gasteiger partial charge in [0.15, 0.2) is 5.78 Å². The molecule has 2 N–H and O–H groups in total. The highest BCUT2D eigenvalue weighted by molar-refractivity contribution is 6.02. The average molecular weight is 424 g/mol. The Balaban J connectivity index is 1.48. The maximum Gasteiger partial charge on any atom is 0.261 e. The molecule has 0 radical (unpaired) electrons. The Kier molecular flexibility index (Phi) is 6.07. The largest absolute Gasteiger partial charge is 0.379 e. The Morgan fingerprint density at radius 1 is 1.13 bits per heavy atom. The van der Waals surface area contributed by atoms with Crippen LogP contribution in [0, 0.1) is 5.41 Å². The summed E-state index contributed by atoms with van der Waals surface area (Å²) in [5, 5.41) is 2.86. The molecule has 0 atom stereocenters. The van der Waals surface area contributed by atoms with Gasteiger partial charge in [0, 0.05) is 43.9 Å². The standard InChI is InChI=1S/C24H29N3O4/c1-24(2)12-20-18(21(28)13-24)11-19(23(30)26-20)22(29)25-14-16-5-3-4-6-17(16)15-27-7-9-31-10-8-27/h3-6,11H,7-10,12-15H2,1-2H3,(H,25,29)(H,26,30). The van der Waals surface area contributed by atoms with Crippen molar-refractivity contribution in [3.8, 4) is 0 Å². The van der Waals surface area contributed by atoms with E-state index >= 15 is 0 Å². The Bertz CT molecular complexity index is 1050. The van der Waals surface area contributed by atoms with Crippen LogP contribution >= 0.6 is 0 Å². The van der Waals surface area contributed by atoms with Gasteiger partial charge in [-0.05, 0) is 29.0 Å². The second-order valence-corrected chi connectivity index (χ2v) is 9.19. The normalized spacial score (nSPS) is 18.5. The zero-order valence-electron chi connectivity index (χ0n) is 18.1. The number of rotatable bonds is 5. The van der Waals surface area contributed by atoms with Gasteiger partial charge in [-0.25, -0.2) is 0 Å². The van der Waals surface area contributed by atoms with Crippen molar-refractivity contribution >= 4 is 11.7 Å². The molecule has 31 heavy (non-hydrogen) atoms. The quantitative estimate of drug-likeness (QED) is 0.770. The van der Waals surface area contributed by atoms with Crippen molar-refractivity contribution < 1.29 is 14.3 Å². The monoisotopic (exact) mass is 423 g/mol. The van der Waals surface area contributed by atoms with Crippen molar-refractivity contribution in [2.45, 2.75) is 39.8 Å². The molecule has 164 valence electrons. The molecule has 7 nitrogen and oxygen atoms in total. The summed E-state index contributed by atoms with van der Waals surface area (Å²) in [6, 6.07) is 9.43. The third-order valence-electron chi connectivity index (χ3n) is 6.02. The molecular weight excluding hydrogens is 394 g/mol. The Hall–Kier alpha value is -2.77. The molecule has 1 amide bonds. The van der Waals surface area contributed by atoms with Crippen LogP contribution < -0.4 is 10.9 Å². The third kappa shape index (κ3) is 4.94. The van der Waals surface area contributed by atoms with Gasteiger partial charge in [-0.3, -0.25) is 19.3 Å². The number of aromatic nitrogens is 1. The van der Waals surface area contributed by atoms with Crippen LogP contribution in [0.1, 0.15) is 57.8 Å². The van der Waals surface area contributed by atoms with E-state index in [1.165, 1.54) is 6.07 Å². The molecule has 2 heterocycles. The summed E-state index contributed by atoms with van der Waals surface area (Å²) >= 11 is 0. The van der Waals surface area contributed by atoms with Gasteiger partial charge in [-0.15, -0.1) is 0 Å². The molecule has 1 aliphatic heterocycles. The van der Waals surface area contributed by atoms with Gasteiger partial charge in [0.25, 0.3) is 11.5 Å². The van der Waals surface area contributed by atoms with E-state index in [4.69, 9.17) is 4.74 Å². The fourth-order valence-corrected chi connectivity index (χ4v) is 4.35. The fraction of sp³-hybridized carbons (Fsp3) is 0.458. The first-order chi connectivity index (χ1) is 14.8. The number of benzene rings is 1. The van der Waals surface area contributed by atoms with E-state index in [0.717, 1.165) is 44.0 Å².